The minimum atomic E-state index is 1.01. The van der Waals surface area contributed by atoms with Gasteiger partial charge in [-0.15, -0.1) is 0 Å². The summed E-state index contributed by atoms with van der Waals surface area (Å²) in [6, 6.07) is 8.19. The molecule has 0 radical (unpaired) electrons. The van der Waals surface area contributed by atoms with E-state index in [0.29, 0.717) is 0 Å². The van der Waals surface area contributed by atoms with Crippen LogP contribution in [0.25, 0.3) is 11.1 Å². The van der Waals surface area contributed by atoms with Crippen LogP contribution in [0.5, 0.6) is 0 Å². The molecule has 0 nitrogen and oxygen atoms in total. The van der Waals surface area contributed by atoms with Crippen molar-refractivity contribution in [2.75, 3.05) is 0 Å². The van der Waals surface area contributed by atoms with E-state index in [1.807, 2.05) is 12.1 Å². The van der Waals surface area contributed by atoms with Gasteiger partial charge in [0.25, 0.3) is 0 Å². The molecule has 0 atom stereocenters. The van der Waals surface area contributed by atoms with Gasteiger partial charge in [-0.1, -0.05) is 31.9 Å². The summed E-state index contributed by atoms with van der Waals surface area (Å²) in [4.78, 5) is 0. The second kappa shape index (κ2) is 6.39. The highest BCUT2D eigenvalue weighted by molar-refractivity contribution is 9.13. The zero-order chi connectivity index (χ0) is 13.4. The lowest BCUT2D eigenvalue weighted by Gasteiger charge is -2.11. The molecule has 0 unspecified atom stereocenters. The zero-order valence-corrected chi connectivity index (χ0v) is 18.1. The lowest BCUT2D eigenvalue weighted by molar-refractivity contribution is 1.48. The van der Waals surface area contributed by atoms with Gasteiger partial charge in [-0.05, 0) is 99.1 Å². The van der Waals surface area contributed by atoms with E-state index in [4.69, 9.17) is 0 Å². The molecule has 2 rings (SSSR count). The highest BCUT2D eigenvalue weighted by Gasteiger charge is 2.13. The molecule has 0 bridgehead atoms. The second-order valence-corrected chi connectivity index (χ2v) is 8.62. The molecule has 2 aromatic rings. The predicted octanol–water partition coefficient (Wildman–Crippen LogP) is 7.93. The molecule has 0 saturated carbocycles. The fourth-order valence-corrected chi connectivity index (χ4v) is 4.70. The lowest BCUT2D eigenvalue weighted by atomic mass is 10.1. The van der Waals surface area contributed by atoms with Crippen molar-refractivity contribution in [3.05, 3.63) is 51.1 Å². The van der Waals surface area contributed by atoms with Crippen LogP contribution in [0, 0.1) is 0 Å². The fourth-order valence-electron chi connectivity index (χ4n) is 1.48. The first kappa shape index (κ1) is 15.7. The topological polar surface area (TPSA) is 0 Å². The number of hydrogen-bond donors (Lipinski definition) is 0. The Morgan fingerprint density at radius 1 is 0.500 bits per heavy atom. The minimum absolute atomic E-state index is 1.01. The maximum absolute atomic E-state index is 3.61. The van der Waals surface area contributed by atoms with E-state index in [1.54, 1.807) is 0 Å². The molecule has 0 aliphatic heterocycles. The van der Waals surface area contributed by atoms with Crippen LogP contribution in [-0.4, -0.2) is 0 Å². The molecular formula is C12H4Br6. The predicted molar refractivity (Wildman–Crippen MR) is 98.1 cm³/mol. The standard InChI is InChI=1S/C12H4Br6/c13-5-1-7(12(18)11(17)2-5)6-3-9(15)10(16)4-8(6)14/h1-4H. The van der Waals surface area contributed by atoms with E-state index in [-0.39, 0.29) is 0 Å². The third-order valence-corrected chi connectivity index (χ3v) is 7.26. The SMILES string of the molecule is Brc1cc(Br)c(Br)c(-c2cc(Br)c(Br)cc2Br)c1. The van der Waals surface area contributed by atoms with E-state index in [0.717, 1.165) is 38.0 Å². The first-order chi connectivity index (χ1) is 8.40. The lowest BCUT2D eigenvalue weighted by Crippen LogP contribution is -1.85. The summed E-state index contributed by atoms with van der Waals surface area (Å²) >= 11 is 21.3. The van der Waals surface area contributed by atoms with Crippen molar-refractivity contribution in [3.63, 3.8) is 0 Å². The molecule has 0 heterocycles. The van der Waals surface area contributed by atoms with Gasteiger partial charge in [-0.2, -0.15) is 0 Å². The van der Waals surface area contributed by atoms with Gasteiger partial charge in [0.2, 0.25) is 0 Å². The van der Waals surface area contributed by atoms with E-state index in [1.165, 1.54) is 0 Å². The van der Waals surface area contributed by atoms with Gasteiger partial charge in [0.15, 0.2) is 0 Å². The largest absolute Gasteiger partial charge is 0.0508 e. The summed E-state index contributed by atoms with van der Waals surface area (Å²) in [5.74, 6) is 0. The second-order valence-electron chi connectivity index (χ2n) is 3.50. The van der Waals surface area contributed by atoms with Crippen LogP contribution < -0.4 is 0 Å². The monoisotopic (exact) mass is 622 g/mol. The van der Waals surface area contributed by atoms with Crippen molar-refractivity contribution >= 4 is 95.6 Å². The molecule has 0 aromatic heterocycles. The molecule has 0 fully saturated rings. The van der Waals surface area contributed by atoms with Gasteiger partial charge in [0.1, 0.15) is 0 Å². The highest BCUT2D eigenvalue weighted by atomic mass is 79.9. The molecule has 0 aliphatic rings. The first-order valence-electron chi connectivity index (χ1n) is 4.69. The smallest absolute Gasteiger partial charge is 0.0397 e. The Balaban J connectivity index is 2.73. The van der Waals surface area contributed by atoms with E-state index in [9.17, 15) is 0 Å². The summed E-state index contributed by atoms with van der Waals surface area (Å²) in [6.07, 6.45) is 0. The van der Waals surface area contributed by atoms with Gasteiger partial charge in [-0.3, -0.25) is 0 Å². The van der Waals surface area contributed by atoms with Crippen LogP contribution in [-0.2, 0) is 0 Å². The highest BCUT2D eigenvalue weighted by Crippen LogP contribution is 2.42. The summed E-state index contributed by atoms with van der Waals surface area (Å²) in [6.45, 7) is 0. The molecule has 6 heteroatoms. The van der Waals surface area contributed by atoms with Crippen LogP contribution in [0.2, 0.25) is 0 Å². The van der Waals surface area contributed by atoms with E-state index in [2.05, 4.69) is 108 Å². The maximum Gasteiger partial charge on any atom is 0.0397 e. The Morgan fingerprint density at radius 2 is 1.11 bits per heavy atom. The van der Waals surface area contributed by atoms with E-state index < -0.39 is 0 Å². The Kier molecular flexibility index (Phi) is 5.58. The van der Waals surface area contributed by atoms with Crippen molar-refractivity contribution in [1.29, 1.82) is 0 Å². The van der Waals surface area contributed by atoms with E-state index >= 15 is 0 Å². The number of hydrogen-bond acceptors (Lipinski definition) is 0. The van der Waals surface area contributed by atoms with Crippen molar-refractivity contribution in [2.24, 2.45) is 0 Å². The Labute approximate surface area is 156 Å². The molecule has 0 aliphatic carbocycles. The number of benzene rings is 2. The molecule has 2 aromatic carbocycles. The van der Waals surface area contributed by atoms with Gasteiger partial charge >= 0.3 is 0 Å². The van der Waals surface area contributed by atoms with Crippen LogP contribution in [0.1, 0.15) is 0 Å². The normalized spacial score (nSPS) is 10.8. The van der Waals surface area contributed by atoms with Crippen LogP contribution in [0.4, 0.5) is 0 Å². The van der Waals surface area contributed by atoms with Crippen LogP contribution in [0.3, 0.4) is 0 Å². The van der Waals surface area contributed by atoms with Crippen molar-refractivity contribution in [1.82, 2.24) is 0 Å². The number of halogens is 6. The van der Waals surface area contributed by atoms with Gasteiger partial charge in [0.05, 0.1) is 0 Å². The minimum Gasteiger partial charge on any atom is -0.0508 e. The molecule has 0 saturated heterocycles. The summed E-state index contributed by atoms with van der Waals surface area (Å²) in [5, 5.41) is 0. The summed E-state index contributed by atoms with van der Waals surface area (Å²) in [5.41, 5.74) is 2.22. The summed E-state index contributed by atoms with van der Waals surface area (Å²) < 4.78 is 6.13. The van der Waals surface area contributed by atoms with Crippen molar-refractivity contribution in [3.8, 4) is 11.1 Å². The maximum atomic E-state index is 3.61. The van der Waals surface area contributed by atoms with Crippen molar-refractivity contribution in [2.45, 2.75) is 0 Å². The number of rotatable bonds is 1. The Bertz CT molecular complexity index is 620. The third-order valence-electron chi connectivity index (χ3n) is 2.29. The van der Waals surface area contributed by atoms with Crippen molar-refractivity contribution < 1.29 is 0 Å². The zero-order valence-electron chi connectivity index (χ0n) is 8.58. The first-order valence-corrected chi connectivity index (χ1v) is 9.45. The quantitative estimate of drug-likeness (QED) is 0.282. The average Bonchev–Trinajstić information content (AvgIpc) is 2.29. The molecule has 18 heavy (non-hydrogen) atoms. The molecule has 0 amide bonds. The van der Waals surface area contributed by atoms with Gasteiger partial charge in [-0.25, -0.2) is 0 Å². The molecule has 0 spiro atoms. The third kappa shape index (κ3) is 3.31. The Morgan fingerprint density at radius 3 is 1.78 bits per heavy atom. The molecule has 0 N–H and O–H groups in total. The van der Waals surface area contributed by atoms with Crippen LogP contribution >= 0.6 is 95.6 Å². The Hall–Kier alpha value is 1.32. The average molecular weight is 628 g/mol. The van der Waals surface area contributed by atoms with Crippen LogP contribution in [0.15, 0.2) is 51.1 Å². The van der Waals surface area contributed by atoms with Gasteiger partial charge in [0, 0.05) is 26.8 Å². The van der Waals surface area contributed by atoms with Gasteiger partial charge < -0.3 is 0 Å². The fraction of sp³-hybridized carbons (Fsp3) is 0. The molecule has 94 valence electrons. The summed E-state index contributed by atoms with van der Waals surface area (Å²) in [7, 11) is 0. The molecular weight excluding hydrogens is 624 g/mol.